The van der Waals surface area contributed by atoms with Crippen LogP contribution in [0.1, 0.15) is 11.1 Å². The van der Waals surface area contributed by atoms with Crippen LogP contribution in [-0.4, -0.2) is 5.75 Å². The van der Waals surface area contributed by atoms with Gasteiger partial charge in [-0.25, -0.2) is 0 Å². The number of benzene rings is 1. The zero-order valence-corrected chi connectivity index (χ0v) is 8.01. The third-order valence-corrected chi connectivity index (χ3v) is 1.91. The smallest absolute Gasteiger partial charge is 0.0317 e. The number of anilines is 1. The van der Waals surface area contributed by atoms with Gasteiger partial charge in [-0.05, 0) is 30.2 Å². The lowest BCUT2D eigenvalue weighted by Gasteiger charge is -2.00. The summed E-state index contributed by atoms with van der Waals surface area (Å²) in [4.78, 5) is 0. The molecule has 2 N–H and O–H groups in total. The molecule has 0 aromatic heterocycles. The highest BCUT2D eigenvalue weighted by Crippen LogP contribution is 2.13. The highest BCUT2D eigenvalue weighted by atomic mass is 32.1. The SMILES string of the molecule is Cc1cc(N)ccc1C=CCS. The zero-order valence-electron chi connectivity index (χ0n) is 7.12. The molecule has 64 valence electrons. The molecule has 1 nitrogen and oxygen atoms in total. The van der Waals surface area contributed by atoms with Gasteiger partial charge in [0.1, 0.15) is 0 Å². The van der Waals surface area contributed by atoms with Crippen LogP contribution in [-0.2, 0) is 0 Å². The van der Waals surface area contributed by atoms with Crippen molar-refractivity contribution in [3.8, 4) is 0 Å². The van der Waals surface area contributed by atoms with Crippen molar-refractivity contribution in [2.24, 2.45) is 0 Å². The van der Waals surface area contributed by atoms with Gasteiger partial charge >= 0.3 is 0 Å². The third kappa shape index (κ3) is 2.31. The molecule has 0 heterocycles. The maximum absolute atomic E-state index is 5.62. The van der Waals surface area contributed by atoms with Gasteiger partial charge in [0.15, 0.2) is 0 Å². The Labute approximate surface area is 78.7 Å². The molecule has 0 aliphatic heterocycles. The number of nitrogens with two attached hydrogens (primary N) is 1. The Morgan fingerprint density at radius 3 is 2.83 bits per heavy atom. The minimum atomic E-state index is 0.768. The van der Waals surface area contributed by atoms with Gasteiger partial charge < -0.3 is 5.73 Å². The summed E-state index contributed by atoms with van der Waals surface area (Å²) < 4.78 is 0. The van der Waals surface area contributed by atoms with Crippen LogP contribution in [0.4, 0.5) is 5.69 Å². The Morgan fingerprint density at radius 2 is 2.25 bits per heavy atom. The second-order valence-corrected chi connectivity index (χ2v) is 3.07. The van der Waals surface area contributed by atoms with E-state index >= 15 is 0 Å². The van der Waals surface area contributed by atoms with E-state index in [0.29, 0.717) is 0 Å². The predicted molar refractivity (Wildman–Crippen MR) is 58.5 cm³/mol. The zero-order chi connectivity index (χ0) is 8.97. The molecule has 0 aliphatic rings. The molecule has 0 spiro atoms. The summed E-state index contributed by atoms with van der Waals surface area (Å²) in [6, 6.07) is 5.90. The van der Waals surface area contributed by atoms with Crippen molar-refractivity contribution in [1.29, 1.82) is 0 Å². The van der Waals surface area contributed by atoms with Crippen molar-refractivity contribution in [2.45, 2.75) is 6.92 Å². The van der Waals surface area contributed by atoms with Gasteiger partial charge in [-0.1, -0.05) is 18.2 Å². The molecule has 0 bridgehead atoms. The average Bonchev–Trinajstić information content (AvgIpc) is 2.03. The average molecular weight is 179 g/mol. The highest BCUT2D eigenvalue weighted by Gasteiger charge is 1.92. The van der Waals surface area contributed by atoms with E-state index in [2.05, 4.69) is 25.6 Å². The van der Waals surface area contributed by atoms with E-state index in [1.807, 2.05) is 24.3 Å². The Balaban J connectivity index is 2.94. The van der Waals surface area contributed by atoms with Crippen molar-refractivity contribution in [1.82, 2.24) is 0 Å². The summed E-state index contributed by atoms with van der Waals surface area (Å²) >= 11 is 4.09. The first kappa shape index (κ1) is 9.20. The number of hydrogen-bond donors (Lipinski definition) is 2. The predicted octanol–water partition coefficient (Wildman–Crippen LogP) is 2.52. The van der Waals surface area contributed by atoms with Gasteiger partial charge in [-0.2, -0.15) is 12.6 Å². The molecule has 0 saturated heterocycles. The monoisotopic (exact) mass is 179 g/mol. The van der Waals surface area contributed by atoms with E-state index in [-0.39, 0.29) is 0 Å². The van der Waals surface area contributed by atoms with Crippen molar-refractivity contribution in [3.63, 3.8) is 0 Å². The molecule has 1 aromatic rings. The summed E-state index contributed by atoms with van der Waals surface area (Å²) in [6.07, 6.45) is 4.07. The van der Waals surface area contributed by atoms with Crippen LogP contribution in [0.3, 0.4) is 0 Å². The van der Waals surface area contributed by atoms with Crippen molar-refractivity contribution in [3.05, 3.63) is 35.4 Å². The molecule has 0 aliphatic carbocycles. The van der Waals surface area contributed by atoms with Gasteiger partial charge in [0, 0.05) is 11.4 Å². The lowest BCUT2D eigenvalue weighted by atomic mass is 10.1. The molecule has 1 aromatic carbocycles. The fraction of sp³-hybridized carbons (Fsp3) is 0.200. The molecule has 0 fully saturated rings. The Morgan fingerprint density at radius 1 is 1.50 bits per heavy atom. The van der Waals surface area contributed by atoms with Crippen LogP contribution >= 0.6 is 12.6 Å². The van der Waals surface area contributed by atoms with E-state index in [1.165, 1.54) is 11.1 Å². The van der Waals surface area contributed by atoms with Crippen molar-refractivity contribution in [2.75, 3.05) is 11.5 Å². The topological polar surface area (TPSA) is 26.0 Å². The fourth-order valence-corrected chi connectivity index (χ4v) is 1.17. The highest BCUT2D eigenvalue weighted by molar-refractivity contribution is 7.80. The first-order valence-electron chi connectivity index (χ1n) is 3.87. The fourth-order valence-electron chi connectivity index (χ4n) is 1.07. The van der Waals surface area contributed by atoms with E-state index < -0.39 is 0 Å². The number of thiol groups is 1. The van der Waals surface area contributed by atoms with Crippen LogP contribution in [0.5, 0.6) is 0 Å². The van der Waals surface area contributed by atoms with Gasteiger partial charge in [0.05, 0.1) is 0 Å². The summed E-state index contributed by atoms with van der Waals surface area (Å²) in [6.45, 7) is 2.05. The molecule has 0 atom stereocenters. The van der Waals surface area contributed by atoms with Crippen LogP contribution in [0.2, 0.25) is 0 Å². The second-order valence-electron chi connectivity index (χ2n) is 2.70. The molecule has 2 heteroatoms. The van der Waals surface area contributed by atoms with E-state index in [1.54, 1.807) is 0 Å². The first-order valence-corrected chi connectivity index (χ1v) is 4.51. The lowest BCUT2D eigenvalue weighted by molar-refractivity contribution is 1.44. The van der Waals surface area contributed by atoms with E-state index in [9.17, 15) is 0 Å². The molecule has 0 saturated carbocycles. The number of hydrogen-bond acceptors (Lipinski definition) is 2. The van der Waals surface area contributed by atoms with Gasteiger partial charge in [0.2, 0.25) is 0 Å². The summed E-state index contributed by atoms with van der Waals surface area (Å²) in [5.41, 5.74) is 8.84. The van der Waals surface area contributed by atoms with E-state index in [0.717, 1.165) is 11.4 Å². The Bertz CT molecular complexity index is 292. The lowest BCUT2D eigenvalue weighted by Crippen LogP contribution is -1.87. The van der Waals surface area contributed by atoms with Gasteiger partial charge in [-0.3, -0.25) is 0 Å². The summed E-state index contributed by atoms with van der Waals surface area (Å²) in [7, 11) is 0. The maximum Gasteiger partial charge on any atom is 0.0317 e. The second kappa shape index (κ2) is 4.21. The largest absolute Gasteiger partial charge is 0.399 e. The van der Waals surface area contributed by atoms with Crippen molar-refractivity contribution < 1.29 is 0 Å². The third-order valence-electron chi connectivity index (χ3n) is 1.70. The minimum Gasteiger partial charge on any atom is -0.399 e. The molecule has 0 amide bonds. The number of aryl methyl sites for hydroxylation is 1. The number of nitrogen functional groups attached to an aromatic ring is 1. The van der Waals surface area contributed by atoms with Crippen LogP contribution in [0.15, 0.2) is 24.3 Å². The van der Waals surface area contributed by atoms with Crippen LogP contribution in [0, 0.1) is 6.92 Å². The van der Waals surface area contributed by atoms with Crippen LogP contribution < -0.4 is 5.73 Å². The minimum absolute atomic E-state index is 0.768. The molecule has 0 unspecified atom stereocenters. The van der Waals surface area contributed by atoms with Gasteiger partial charge in [0.25, 0.3) is 0 Å². The van der Waals surface area contributed by atoms with Crippen LogP contribution in [0.25, 0.3) is 6.08 Å². The van der Waals surface area contributed by atoms with E-state index in [4.69, 9.17) is 5.73 Å². The first-order chi connectivity index (χ1) is 5.74. The Hall–Kier alpha value is -0.890. The van der Waals surface area contributed by atoms with Crippen molar-refractivity contribution >= 4 is 24.4 Å². The molecule has 1 rings (SSSR count). The quantitative estimate of drug-likeness (QED) is 0.529. The summed E-state index contributed by atoms with van der Waals surface area (Å²) in [5, 5.41) is 0. The molecular formula is C10H13NS. The standard InChI is InChI=1S/C10H13NS/c1-8-7-10(11)5-4-9(8)3-2-6-12/h2-5,7,12H,6,11H2,1H3. The Kier molecular flexibility index (Phi) is 3.23. The maximum atomic E-state index is 5.62. The van der Waals surface area contributed by atoms with Gasteiger partial charge in [-0.15, -0.1) is 0 Å². The molecule has 0 radical (unpaired) electrons. The normalized spacial score (nSPS) is 10.8. The number of rotatable bonds is 2. The molecule has 12 heavy (non-hydrogen) atoms. The summed E-state index contributed by atoms with van der Waals surface area (Å²) in [5.74, 6) is 0.768. The molecular weight excluding hydrogens is 166 g/mol.